The average Bonchev–Trinajstić information content (AvgIpc) is 2.42. The fourth-order valence-corrected chi connectivity index (χ4v) is 1.24. The first-order valence-corrected chi connectivity index (χ1v) is 3.76. The number of halogens is 1. The van der Waals surface area contributed by atoms with Crippen LogP contribution in [0.15, 0.2) is 24.3 Å². The van der Waals surface area contributed by atoms with Crippen molar-refractivity contribution in [3.63, 3.8) is 0 Å². The van der Waals surface area contributed by atoms with Gasteiger partial charge in [0, 0.05) is 0 Å². The first-order valence-electron chi connectivity index (χ1n) is 3.38. The second kappa shape index (κ2) is 2.38. The average molecular weight is 183 g/mol. The van der Waals surface area contributed by atoms with Gasteiger partial charge >= 0.3 is 5.18 Å². The van der Waals surface area contributed by atoms with Gasteiger partial charge in [-0.15, -0.1) is 0 Å². The van der Waals surface area contributed by atoms with E-state index in [-0.39, 0.29) is 0 Å². The highest BCUT2D eigenvalue weighted by Gasteiger charge is 2.37. The van der Waals surface area contributed by atoms with Gasteiger partial charge in [0.15, 0.2) is 0 Å². The van der Waals surface area contributed by atoms with Crippen molar-refractivity contribution in [2.24, 2.45) is 0 Å². The summed E-state index contributed by atoms with van der Waals surface area (Å²) >= 11 is 5.66. The van der Waals surface area contributed by atoms with Gasteiger partial charge < -0.3 is 10.1 Å². The summed E-state index contributed by atoms with van der Waals surface area (Å²) in [4.78, 5) is 10.4. The zero-order chi connectivity index (χ0) is 8.60. The van der Waals surface area contributed by atoms with Gasteiger partial charge in [-0.2, -0.15) is 0 Å². The molecule has 4 heteroatoms. The predicted molar refractivity (Wildman–Crippen MR) is 45.0 cm³/mol. The van der Waals surface area contributed by atoms with Crippen LogP contribution in [0, 0.1) is 0 Å². The minimum absolute atomic E-state index is 0.566. The summed E-state index contributed by atoms with van der Waals surface area (Å²) in [5, 5.41) is 1.14. The molecule has 1 heterocycles. The van der Waals surface area contributed by atoms with Gasteiger partial charge in [-0.3, -0.25) is 4.79 Å². The van der Waals surface area contributed by atoms with E-state index in [9.17, 15) is 4.79 Å². The zero-order valence-electron chi connectivity index (χ0n) is 6.00. The lowest BCUT2D eigenvalue weighted by molar-refractivity contribution is 0.271. The highest BCUT2D eigenvalue weighted by Crippen LogP contribution is 2.36. The Bertz CT molecular complexity index is 302. The van der Waals surface area contributed by atoms with Gasteiger partial charge in [0.25, 0.3) is 6.29 Å². The summed E-state index contributed by atoms with van der Waals surface area (Å²) in [7, 11) is 0. The number of hydrogen-bond acceptors (Lipinski definition) is 3. The fraction of sp³-hybridized carbons (Fsp3) is 0.125. The van der Waals surface area contributed by atoms with Crippen LogP contribution in [0.2, 0.25) is 0 Å². The molecule has 0 aromatic heterocycles. The van der Waals surface area contributed by atoms with Crippen LogP contribution in [0.1, 0.15) is 0 Å². The topological polar surface area (TPSA) is 38.3 Å². The van der Waals surface area contributed by atoms with Crippen LogP contribution >= 0.6 is 11.6 Å². The molecule has 0 amide bonds. The lowest BCUT2D eigenvalue weighted by Gasteiger charge is -2.11. The van der Waals surface area contributed by atoms with Crippen molar-refractivity contribution in [1.82, 2.24) is 0 Å². The van der Waals surface area contributed by atoms with Crippen LogP contribution in [0.3, 0.4) is 0 Å². The predicted octanol–water partition coefficient (Wildman–Crippen LogP) is 1.49. The summed E-state index contributed by atoms with van der Waals surface area (Å²) in [5.41, 5.74) is 0.704. The van der Waals surface area contributed by atoms with Crippen LogP contribution in [-0.2, 0) is 4.79 Å². The highest BCUT2D eigenvalue weighted by atomic mass is 35.5. The van der Waals surface area contributed by atoms with Gasteiger partial charge in [0.2, 0.25) is 0 Å². The molecule has 2 rings (SSSR count). The minimum Gasteiger partial charge on any atom is -0.445 e. The molecule has 0 bridgehead atoms. The minimum atomic E-state index is -1.54. The summed E-state index contributed by atoms with van der Waals surface area (Å²) in [6.45, 7) is 0. The molecule has 61 valence electrons. The van der Waals surface area contributed by atoms with Gasteiger partial charge in [-0.25, -0.2) is 0 Å². The third-order valence-corrected chi connectivity index (χ3v) is 1.81. The lowest BCUT2D eigenvalue weighted by atomic mass is 10.3. The van der Waals surface area contributed by atoms with Crippen molar-refractivity contribution < 1.29 is 9.53 Å². The Balaban J connectivity index is 2.39. The summed E-state index contributed by atoms with van der Waals surface area (Å²) < 4.78 is 5.07. The van der Waals surface area contributed by atoms with E-state index in [1.807, 2.05) is 6.07 Å². The number of fused-ring (bicyclic) bond motifs is 1. The zero-order valence-corrected chi connectivity index (χ0v) is 6.76. The maximum Gasteiger partial charge on any atom is 0.327 e. The Morgan fingerprint density at radius 3 is 2.92 bits per heavy atom. The summed E-state index contributed by atoms with van der Waals surface area (Å²) in [6, 6.07) is 7.12. The third kappa shape index (κ3) is 1.02. The van der Waals surface area contributed by atoms with Crippen molar-refractivity contribution in [3.8, 4) is 5.75 Å². The molecule has 1 radical (unpaired) electrons. The summed E-state index contributed by atoms with van der Waals surface area (Å²) in [6.07, 6.45) is 1.57. The molecule has 0 fully saturated rings. The number of nitrogens with one attached hydrogen (secondary N) is 1. The smallest absolute Gasteiger partial charge is 0.327 e. The second-order valence-electron chi connectivity index (χ2n) is 2.42. The molecule has 1 atom stereocenters. The molecule has 1 aromatic carbocycles. The molecule has 0 spiro atoms. The molecule has 12 heavy (non-hydrogen) atoms. The molecule has 1 aromatic rings. The van der Waals surface area contributed by atoms with Gasteiger partial charge in [-0.05, 0) is 23.7 Å². The van der Waals surface area contributed by atoms with Crippen LogP contribution in [-0.4, -0.2) is 11.5 Å². The largest absolute Gasteiger partial charge is 0.445 e. The molecule has 1 N–H and O–H groups in total. The standard InChI is InChI=1S/C8H5ClNO2/c9-8(5-11)10-6-3-1-2-4-7(6)12-8/h1-4,10H. The van der Waals surface area contributed by atoms with Crippen LogP contribution in [0.4, 0.5) is 5.69 Å². The van der Waals surface area contributed by atoms with Crippen molar-refractivity contribution in [1.29, 1.82) is 0 Å². The first kappa shape index (κ1) is 7.43. The number of hydrogen-bond donors (Lipinski definition) is 1. The molecule has 0 aliphatic carbocycles. The second-order valence-corrected chi connectivity index (χ2v) is 2.95. The highest BCUT2D eigenvalue weighted by molar-refractivity contribution is 6.32. The normalized spacial score (nSPS) is 25.4. The molecule has 1 aliphatic rings. The van der Waals surface area contributed by atoms with Gasteiger partial charge in [0.1, 0.15) is 5.75 Å². The molecule has 1 aliphatic heterocycles. The Morgan fingerprint density at radius 2 is 2.25 bits per heavy atom. The van der Waals surface area contributed by atoms with E-state index in [1.54, 1.807) is 24.5 Å². The number of anilines is 1. The van der Waals surface area contributed by atoms with Crippen molar-refractivity contribution in [3.05, 3.63) is 24.3 Å². The molecule has 0 saturated carbocycles. The number of ether oxygens (including phenoxy) is 1. The number of benzene rings is 1. The van der Waals surface area contributed by atoms with Crippen molar-refractivity contribution >= 4 is 23.6 Å². The van der Waals surface area contributed by atoms with Crippen LogP contribution in [0.5, 0.6) is 5.75 Å². The fourth-order valence-electron chi connectivity index (χ4n) is 1.06. The maximum absolute atomic E-state index is 10.4. The van der Waals surface area contributed by atoms with Crippen LogP contribution < -0.4 is 10.1 Å². The van der Waals surface area contributed by atoms with Crippen molar-refractivity contribution in [2.45, 2.75) is 5.18 Å². The van der Waals surface area contributed by atoms with Gasteiger partial charge in [0.05, 0.1) is 5.69 Å². The number of carbonyl (C=O) groups excluding carboxylic acids is 1. The van der Waals surface area contributed by atoms with E-state index < -0.39 is 5.18 Å². The molecule has 1 unspecified atom stereocenters. The Hall–Kier alpha value is -1.22. The van der Waals surface area contributed by atoms with E-state index in [0.717, 1.165) is 0 Å². The lowest BCUT2D eigenvalue weighted by Crippen LogP contribution is -2.34. The Morgan fingerprint density at radius 1 is 1.50 bits per heavy atom. The number of rotatable bonds is 1. The van der Waals surface area contributed by atoms with E-state index in [4.69, 9.17) is 16.3 Å². The van der Waals surface area contributed by atoms with E-state index in [1.165, 1.54) is 0 Å². The third-order valence-electron chi connectivity index (χ3n) is 1.56. The van der Waals surface area contributed by atoms with E-state index in [2.05, 4.69) is 5.32 Å². The van der Waals surface area contributed by atoms with Crippen LogP contribution in [0.25, 0.3) is 0 Å². The number of para-hydroxylation sites is 2. The maximum atomic E-state index is 10.4. The molecule has 3 nitrogen and oxygen atoms in total. The monoisotopic (exact) mass is 182 g/mol. The van der Waals surface area contributed by atoms with E-state index in [0.29, 0.717) is 11.4 Å². The molecular weight excluding hydrogens is 178 g/mol. The first-order chi connectivity index (χ1) is 5.73. The number of alkyl halides is 1. The van der Waals surface area contributed by atoms with E-state index >= 15 is 0 Å². The molecule has 0 saturated heterocycles. The van der Waals surface area contributed by atoms with Gasteiger partial charge in [-0.1, -0.05) is 12.1 Å². The Kier molecular flexibility index (Phi) is 1.48. The summed E-state index contributed by atoms with van der Waals surface area (Å²) in [5.74, 6) is 0.566. The Labute approximate surface area is 74.3 Å². The molecular formula is C8H5ClNO2. The SMILES string of the molecule is O=[C]C1(Cl)Nc2ccccc2O1. The van der Waals surface area contributed by atoms with Crippen molar-refractivity contribution in [2.75, 3.05) is 5.32 Å². The quantitative estimate of drug-likeness (QED) is 0.528.